The molecule has 0 saturated heterocycles. The molecule has 1 amide bonds. The van der Waals surface area contributed by atoms with E-state index in [1.165, 1.54) is 11.1 Å². The number of rotatable bonds is 7. The largest absolute Gasteiger partial charge is 0.388 e. The first kappa shape index (κ1) is 17.1. The molecule has 1 rings (SSSR count). The molecule has 3 nitrogen and oxygen atoms in total. The van der Waals surface area contributed by atoms with E-state index >= 15 is 0 Å². The lowest BCUT2D eigenvalue weighted by Gasteiger charge is -2.27. The zero-order valence-corrected chi connectivity index (χ0v) is 13.6. The van der Waals surface area contributed by atoms with Crippen molar-refractivity contribution in [1.29, 1.82) is 0 Å². The molecule has 2 N–H and O–H groups in total. The normalized spacial score (nSPS) is 14.1. The molecule has 1 aromatic rings. The smallest absolute Gasteiger partial charge is 0.230 e. The molecule has 0 aliphatic heterocycles. The second-order valence-corrected chi connectivity index (χ2v) is 6.76. The maximum absolute atomic E-state index is 11.7. The Hall–Kier alpha value is -1.00. The molecule has 0 spiro atoms. The Kier molecular flexibility index (Phi) is 6.56. The second kappa shape index (κ2) is 7.70. The van der Waals surface area contributed by atoms with Crippen molar-refractivity contribution in [3.05, 3.63) is 35.4 Å². The van der Waals surface area contributed by atoms with Crippen molar-refractivity contribution in [3.8, 4) is 0 Å². The van der Waals surface area contributed by atoms with Crippen LogP contribution in [0.25, 0.3) is 0 Å². The Morgan fingerprint density at radius 3 is 2.75 bits per heavy atom. The maximum Gasteiger partial charge on any atom is 0.230 e. The third kappa shape index (κ3) is 5.97. The topological polar surface area (TPSA) is 49.3 Å². The average Bonchev–Trinajstić information content (AvgIpc) is 2.36. The Balaban J connectivity index is 2.27. The van der Waals surface area contributed by atoms with Crippen molar-refractivity contribution in [3.63, 3.8) is 0 Å². The van der Waals surface area contributed by atoms with Crippen LogP contribution in [0.2, 0.25) is 0 Å². The fraction of sp³-hybridized carbons (Fsp3) is 0.562. The third-order valence-corrected chi connectivity index (χ3v) is 4.48. The Bertz CT molecular complexity index is 444. The zero-order valence-electron chi connectivity index (χ0n) is 12.8. The summed E-state index contributed by atoms with van der Waals surface area (Å²) in [6.45, 7) is 8.00. The van der Waals surface area contributed by atoms with Crippen LogP contribution in [0.15, 0.2) is 24.3 Å². The van der Waals surface area contributed by atoms with E-state index in [0.717, 1.165) is 5.75 Å². The fourth-order valence-electron chi connectivity index (χ4n) is 1.60. The summed E-state index contributed by atoms with van der Waals surface area (Å²) < 4.78 is 0. The van der Waals surface area contributed by atoms with Crippen LogP contribution >= 0.6 is 11.8 Å². The van der Waals surface area contributed by atoms with E-state index in [1.807, 2.05) is 19.9 Å². The number of amides is 1. The van der Waals surface area contributed by atoms with Gasteiger partial charge in [0.1, 0.15) is 0 Å². The lowest BCUT2D eigenvalue weighted by atomic mass is 9.93. The molecule has 20 heavy (non-hydrogen) atoms. The van der Waals surface area contributed by atoms with Gasteiger partial charge < -0.3 is 10.4 Å². The summed E-state index contributed by atoms with van der Waals surface area (Å²) in [7, 11) is 0. The minimum Gasteiger partial charge on any atom is -0.388 e. The minimum atomic E-state index is -0.850. The molecule has 0 aromatic heterocycles. The molecule has 0 aliphatic carbocycles. The van der Waals surface area contributed by atoms with Gasteiger partial charge in [0.05, 0.1) is 11.4 Å². The molecule has 1 aromatic carbocycles. The lowest BCUT2D eigenvalue weighted by molar-refractivity contribution is -0.120. The van der Waals surface area contributed by atoms with Crippen molar-refractivity contribution in [2.75, 3.05) is 12.3 Å². The van der Waals surface area contributed by atoms with Crippen LogP contribution in [0, 0.1) is 12.8 Å². The monoisotopic (exact) mass is 295 g/mol. The number of carbonyl (C=O) groups is 1. The molecule has 4 heteroatoms. The number of hydrogen-bond acceptors (Lipinski definition) is 3. The van der Waals surface area contributed by atoms with Gasteiger partial charge in [0.2, 0.25) is 5.91 Å². The van der Waals surface area contributed by atoms with Crippen molar-refractivity contribution < 1.29 is 9.90 Å². The SMILES string of the molecule is Cc1cccc(CSCC(=O)NCC(C)(O)C(C)C)c1. The highest BCUT2D eigenvalue weighted by molar-refractivity contribution is 7.99. The van der Waals surface area contributed by atoms with Crippen molar-refractivity contribution >= 4 is 17.7 Å². The van der Waals surface area contributed by atoms with Gasteiger partial charge in [-0.2, -0.15) is 0 Å². The van der Waals surface area contributed by atoms with Gasteiger partial charge in [0.15, 0.2) is 0 Å². The van der Waals surface area contributed by atoms with Crippen LogP contribution in [0.1, 0.15) is 31.9 Å². The first-order valence-corrected chi connectivity index (χ1v) is 8.09. The second-order valence-electron chi connectivity index (χ2n) is 5.77. The number of aryl methyl sites for hydroxylation is 1. The highest BCUT2D eigenvalue weighted by Crippen LogP contribution is 2.15. The van der Waals surface area contributed by atoms with Gasteiger partial charge in [-0.15, -0.1) is 11.8 Å². The van der Waals surface area contributed by atoms with Gasteiger partial charge in [-0.3, -0.25) is 4.79 Å². The summed E-state index contributed by atoms with van der Waals surface area (Å²) in [5, 5.41) is 12.8. The zero-order chi connectivity index (χ0) is 15.2. The van der Waals surface area contributed by atoms with E-state index in [4.69, 9.17) is 0 Å². The van der Waals surface area contributed by atoms with Gasteiger partial charge in [0, 0.05) is 12.3 Å². The molecule has 112 valence electrons. The summed E-state index contributed by atoms with van der Waals surface area (Å²) in [5.74, 6) is 1.34. The Labute approximate surface area is 126 Å². The number of carbonyl (C=O) groups excluding carboxylic acids is 1. The van der Waals surface area contributed by atoms with Crippen LogP contribution in [0.4, 0.5) is 0 Å². The predicted octanol–water partition coefficient (Wildman–Crippen LogP) is 2.75. The van der Waals surface area contributed by atoms with E-state index < -0.39 is 5.60 Å². The van der Waals surface area contributed by atoms with E-state index in [1.54, 1.807) is 18.7 Å². The quantitative estimate of drug-likeness (QED) is 0.813. The molecule has 0 aliphatic rings. The molecular formula is C16H25NO2S. The summed E-state index contributed by atoms with van der Waals surface area (Å²) in [6.07, 6.45) is 0. The van der Waals surface area contributed by atoms with Gasteiger partial charge in [-0.05, 0) is 25.3 Å². The molecule has 0 fully saturated rings. The number of benzene rings is 1. The van der Waals surface area contributed by atoms with Crippen molar-refractivity contribution in [1.82, 2.24) is 5.32 Å². The minimum absolute atomic E-state index is 0.0245. The van der Waals surface area contributed by atoms with Gasteiger partial charge in [-0.25, -0.2) is 0 Å². The third-order valence-electron chi connectivity index (χ3n) is 3.47. The lowest BCUT2D eigenvalue weighted by Crippen LogP contribution is -2.44. The van der Waals surface area contributed by atoms with Crippen molar-refractivity contribution in [2.45, 2.75) is 39.0 Å². The van der Waals surface area contributed by atoms with E-state index in [0.29, 0.717) is 12.3 Å². The molecule has 1 unspecified atom stereocenters. The number of hydrogen-bond donors (Lipinski definition) is 2. The molecule has 1 atom stereocenters. The van der Waals surface area contributed by atoms with Crippen LogP contribution in [0.3, 0.4) is 0 Å². The Morgan fingerprint density at radius 2 is 2.15 bits per heavy atom. The van der Waals surface area contributed by atoms with Crippen molar-refractivity contribution in [2.24, 2.45) is 5.92 Å². The summed E-state index contributed by atoms with van der Waals surface area (Å²) in [5.41, 5.74) is 1.62. The van der Waals surface area contributed by atoms with Crippen LogP contribution in [-0.2, 0) is 10.5 Å². The van der Waals surface area contributed by atoms with Gasteiger partial charge in [0.25, 0.3) is 0 Å². The highest BCUT2D eigenvalue weighted by Gasteiger charge is 2.25. The number of aliphatic hydroxyl groups is 1. The summed E-state index contributed by atoms with van der Waals surface area (Å²) >= 11 is 1.59. The highest BCUT2D eigenvalue weighted by atomic mass is 32.2. The predicted molar refractivity (Wildman–Crippen MR) is 85.8 cm³/mol. The van der Waals surface area contributed by atoms with Crippen LogP contribution in [0.5, 0.6) is 0 Å². The standard InChI is InChI=1S/C16H25NO2S/c1-12(2)16(4,19)11-17-15(18)10-20-9-14-7-5-6-13(3)8-14/h5-8,12,19H,9-11H2,1-4H3,(H,17,18). The summed E-state index contributed by atoms with van der Waals surface area (Å²) in [6, 6.07) is 8.30. The average molecular weight is 295 g/mol. The van der Waals surface area contributed by atoms with Crippen LogP contribution in [-0.4, -0.2) is 28.9 Å². The first-order valence-electron chi connectivity index (χ1n) is 6.93. The molecule has 0 heterocycles. The van der Waals surface area contributed by atoms with E-state index in [-0.39, 0.29) is 11.8 Å². The maximum atomic E-state index is 11.7. The van der Waals surface area contributed by atoms with E-state index in [2.05, 4.69) is 30.4 Å². The number of nitrogens with one attached hydrogen (secondary N) is 1. The number of thioether (sulfide) groups is 1. The summed E-state index contributed by atoms with van der Waals surface area (Å²) in [4.78, 5) is 11.7. The molecule has 0 radical (unpaired) electrons. The van der Waals surface area contributed by atoms with Gasteiger partial charge >= 0.3 is 0 Å². The Morgan fingerprint density at radius 1 is 1.45 bits per heavy atom. The van der Waals surface area contributed by atoms with Gasteiger partial charge in [-0.1, -0.05) is 43.7 Å². The van der Waals surface area contributed by atoms with Crippen LogP contribution < -0.4 is 5.32 Å². The molecule has 0 saturated carbocycles. The first-order chi connectivity index (χ1) is 9.31. The molecule has 0 bridgehead atoms. The van der Waals surface area contributed by atoms with E-state index in [9.17, 15) is 9.90 Å². The molecular weight excluding hydrogens is 270 g/mol. The fourth-order valence-corrected chi connectivity index (χ4v) is 2.40.